The van der Waals surface area contributed by atoms with Crippen molar-refractivity contribution in [3.8, 4) is 0 Å². The first-order valence-electron chi connectivity index (χ1n) is 9.99. The molecule has 0 saturated heterocycles. The highest BCUT2D eigenvalue weighted by Crippen LogP contribution is 2.33. The van der Waals surface area contributed by atoms with E-state index in [4.69, 9.17) is 0 Å². The van der Waals surface area contributed by atoms with Crippen LogP contribution in [0.1, 0.15) is 11.1 Å². The molecule has 0 aromatic heterocycles. The zero-order valence-corrected chi connectivity index (χ0v) is 19.7. The van der Waals surface area contributed by atoms with E-state index in [0.29, 0.717) is 18.2 Å². The summed E-state index contributed by atoms with van der Waals surface area (Å²) < 4.78 is 55.5. The number of halogens is 2. The van der Waals surface area contributed by atoms with Crippen molar-refractivity contribution < 1.29 is 21.8 Å². The van der Waals surface area contributed by atoms with Gasteiger partial charge < -0.3 is 4.55 Å². The van der Waals surface area contributed by atoms with Crippen LogP contribution in [0.25, 0.3) is 0 Å². The quantitative estimate of drug-likeness (QED) is 0.253. The third-order valence-electron chi connectivity index (χ3n) is 4.67. The Labute approximate surface area is 195 Å². The van der Waals surface area contributed by atoms with Gasteiger partial charge in [0.2, 0.25) is 0 Å². The Morgan fingerprint density at radius 2 is 1.27 bits per heavy atom. The van der Waals surface area contributed by atoms with Crippen molar-refractivity contribution in [3.05, 3.63) is 120 Å². The smallest absolute Gasteiger partial charge is 0.169 e. The lowest BCUT2D eigenvalue weighted by Gasteiger charge is -2.10. The van der Waals surface area contributed by atoms with Crippen LogP contribution in [0.4, 0.5) is 8.78 Å². The predicted molar refractivity (Wildman–Crippen MR) is 125 cm³/mol. The Balaban J connectivity index is 0.000000218. The first-order valence-corrected chi connectivity index (χ1v) is 12.6. The molecule has 0 aliphatic heterocycles. The summed E-state index contributed by atoms with van der Waals surface area (Å²) in [6.07, 6.45) is 0. The van der Waals surface area contributed by atoms with Gasteiger partial charge in [0.05, 0.1) is 15.8 Å². The summed E-state index contributed by atoms with van der Waals surface area (Å²) in [5, 5.41) is 0. The van der Waals surface area contributed by atoms with Crippen LogP contribution in [-0.2, 0) is 21.0 Å². The van der Waals surface area contributed by atoms with Gasteiger partial charge in [0, 0.05) is 11.6 Å². The Morgan fingerprint density at radius 3 is 1.73 bits per heavy atom. The molecule has 170 valence electrons. The van der Waals surface area contributed by atoms with Crippen molar-refractivity contribution >= 4 is 21.0 Å². The van der Waals surface area contributed by atoms with Gasteiger partial charge in [-0.05, 0) is 56.3 Å². The van der Waals surface area contributed by atoms with Crippen LogP contribution in [-0.4, -0.2) is 13.0 Å². The van der Waals surface area contributed by atoms with Crippen molar-refractivity contribution in [1.82, 2.24) is 0 Å². The van der Waals surface area contributed by atoms with E-state index in [2.05, 4.69) is 92.7 Å². The molecule has 33 heavy (non-hydrogen) atoms. The largest absolute Gasteiger partial charge is 0.744 e. The Hall–Kier alpha value is -3.00. The molecule has 0 spiro atoms. The number of hydrogen-bond donors (Lipinski definition) is 0. The highest BCUT2D eigenvalue weighted by atomic mass is 32.2. The molecule has 4 aromatic rings. The molecular weight excluding hydrogens is 462 g/mol. The first kappa shape index (κ1) is 24.6. The molecule has 0 aliphatic carbocycles. The van der Waals surface area contributed by atoms with Crippen molar-refractivity contribution in [3.63, 3.8) is 0 Å². The number of benzene rings is 4. The summed E-state index contributed by atoms with van der Waals surface area (Å²) in [6.45, 7) is 4.37. The minimum absolute atomic E-state index is 0.0345. The van der Waals surface area contributed by atoms with Gasteiger partial charge >= 0.3 is 0 Å². The molecule has 7 heteroatoms. The van der Waals surface area contributed by atoms with Crippen LogP contribution >= 0.6 is 0 Å². The van der Waals surface area contributed by atoms with E-state index in [1.165, 1.54) is 25.8 Å². The number of hydrogen-bond acceptors (Lipinski definition) is 3. The fraction of sp³-hybridized carbons (Fsp3) is 0.0769. The van der Waals surface area contributed by atoms with Crippen molar-refractivity contribution in [2.75, 3.05) is 0 Å². The Bertz CT molecular complexity index is 1290. The minimum Gasteiger partial charge on any atom is -0.744 e. The third kappa shape index (κ3) is 6.51. The minimum atomic E-state index is -4.84. The lowest BCUT2D eigenvalue weighted by molar-refractivity contribution is 0.453. The number of aryl methyl sites for hydroxylation is 2. The van der Waals surface area contributed by atoms with Crippen LogP contribution in [0.5, 0.6) is 0 Å². The van der Waals surface area contributed by atoms with Gasteiger partial charge in [-0.25, -0.2) is 17.2 Å². The molecule has 0 fully saturated rings. The van der Waals surface area contributed by atoms with Crippen LogP contribution in [0.3, 0.4) is 0 Å². The Kier molecular flexibility index (Phi) is 8.02. The van der Waals surface area contributed by atoms with Gasteiger partial charge in [0.25, 0.3) is 0 Å². The molecule has 0 radical (unpaired) electrons. The molecule has 0 heterocycles. The van der Waals surface area contributed by atoms with Gasteiger partial charge in [-0.15, -0.1) is 0 Å². The van der Waals surface area contributed by atoms with Crippen molar-refractivity contribution in [2.24, 2.45) is 0 Å². The summed E-state index contributed by atoms with van der Waals surface area (Å²) in [6, 6.07) is 30.0. The lowest BCUT2D eigenvalue weighted by Crippen LogP contribution is -2.06. The maximum Gasteiger partial charge on any atom is 0.169 e. The fourth-order valence-corrected chi connectivity index (χ4v) is 5.97. The summed E-state index contributed by atoms with van der Waals surface area (Å²) >= 11 is 0. The molecule has 0 bridgehead atoms. The molecule has 4 rings (SSSR count). The first-order chi connectivity index (χ1) is 15.7. The SMILES string of the molecule is Cc1ccc([S+](c2ccccc2)c2ccccc2)c(C)c1.O=S(=O)([O-])c1ccc(F)cc1F. The molecule has 0 amide bonds. The lowest BCUT2D eigenvalue weighted by atomic mass is 10.2. The maximum atomic E-state index is 12.5. The van der Waals surface area contributed by atoms with E-state index in [1.807, 2.05) is 0 Å². The summed E-state index contributed by atoms with van der Waals surface area (Å²) in [4.78, 5) is 3.12. The maximum absolute atomic E-state index is 12.5. The molecule has 0 unspecified atom stereocenters. The van der Waals surface area contributed by atoms with E-state index in [1.54, 1.807) is 0 Å². The highest BCUT2D eigenvalue weighted by Gasteiger charge is 2.29. The molecule has 3 nitrogen and oxygen atoms in total. The second-order valence-electron chi connectivity index (χ2n) is 7.23. The van der Waals surface area contributed by atoms with Crippen LogP contribution in [0.2, 0.25) is 0 Å². The van der Waals surface area contributed by atoms with E-state index in [-0.39, 0.29) is 10.9 Å². The average molecular weight is 485 g/mol. The monoisotopic (exact) mass is 484 g/mol. The summed E-state index contributed by atoms with van der Waals surface area (Å²) in [5.41, 5.74) is 2.69. The fourth-order valence-electron chi connectivity index (χ4n) is 3.21. The average Bonchev–Trinajstić information content (AvgIpc) is 2.76. The molecule has 4 aromatic carbocycles. The normalized spacial score (nSPS) is 11.1. The van der Waals surface area contributed by atoms with Gasteiger partial charge in [0.15, 0.2) is 14.7 Å². The second kappa shape index (κ2) is 10.7. The summed E-state index contributed by atoms with van der Waals surface area (Å²) in [5.74, 6) is -2.30. The van der Waals surface area contributed by atoms with E-state index in [0.717, 1.165) is 0 Å². The van der Waals surface area contributed by atoms with E-state index in [9.17, 15) is 21.8 Å². The van der Waals surface area contributed by atoms with E-state index >= 15 is 0 Å². The van der Waals surface area contributed by atoms with Crippen molar-refractivity contribution in [1.29, 1.82) is 0 Å². The van der Waals surface area contributed by atoms with Crippen molar-refractivity contribution in [2.45, 2.75) is 33.4 Å². The molecule has 0 N–H and O–H groups in total. The van der Waals surface area contributed by atoms with Crippen LogP contribution in [0, 0.1) is 25.5 Å². The van der Waals surface area contributed by atoms with Crippen LogP contribution in [0.15, 0.2) is 117 Å². The second-order valence-corrected chi connectivity index (χ2v) is 10.6. The predicted octanol–water partition coefficient (Wildman–Crippen LogP) is 6.27. The summed E-state index contributed by atoms with van der Waals surface area (Å²) in [7, 11) is -4.88. The molecular formula is C26H22F2O3S2. The zero-order chi connectivity index (χ0) is 24.0. The Morgan fingerprint density at radius 1 is 0.727 bits per heavy atom. The molecule has 0 aliphatic rings. The van der Waals surface area contributed by atoms with Gasteiger partial charge in [0.1, 0.15) is 21.8 Å². The topological polar surface area (TPSA) is 57.2 Å². The number of rotatable bonds is 4. The standard InChI is InChI=1S/C20H19S.C6H4F2O3S/c1-16-13-14-20(17(2)15-16)21(18-9-5-3-6-10-18)19-11-7-4-8-12-19;7-4-1-2-6(5(8)3-4)12(9,10)11/h3-15H,1-2H3;1-3H,(H,9,10,11)/q+1;/p-1. The molecule has 0 atom stereocenters. The third-order valence-corrected chi connectivity index (χ3v) is 7.93. The van der Waals surface area contributed by atoms with Crippen LogP contribution < -0.4 is 0 Å². The van der Waals surface area contributed by atoms with Gasteiger partial charge in [-0.2, -0.15) is 0 Å². The highest BCUT2D eigenvalue weighted by molar-refractivity contribution is 7.97. The zero-order valence-electron chi connectivity index (χ0n) is 18.0. The molecule has 0 saturated carbocycles. The van der Waals surface area contributed by atoms with Gasteiger partial charge in [-0.3, -0.25) is 0 Å². The van der Waals surface area contributed by atoms with E-state index < -0.39 is 26.6 Å². The van der Waals surface area contributed by atoms with Gasteiger partial charge in [-0.1, -0.05) is 54.1 Å².